The van der Waals surface area contributed by atoms with Gasteiger partial charge in [-0.2, -0.15) is 4.98 Å². The summed E-state index contributed by atoms with van der Waals surface area (Å²) in [6.45, 7) is 4.25. The van der Waals surface area contributed by atoms with Crippen LogP contribution in [0.15, 0.2) is 34.9 Å². The lowest BCUT2D eigenvalue weighted by atomic mass is 10.0. The lowest BCUT2D eigenvalue weighted by Gasteiger charge is -2.34. The van der Waals surface area contributed by atoms with E-state index in [1.165, 1.54) is 0 Å². The van der Waals surface area contributed by atoms with E-state index in [-0.39, 0.29) is 11.9 Å². The average Bonchev–Trinajstić information content (AvgIpc) is 2.98. The first-order valence-corrected chi connectivity index (χ1v) is 8.23. The maximum absolute atomic E-state index is 11.9. The van der Waals surface area contributed by atoms with Gasteiger partial charge in [-0.15, -0.1) is 0 Å². The van der Waals surface area contributed by atoms with Gasteiger partial charge in [-0.3, -0.25) is 15.0 Å². The molecule has 2 atom stereocenters. The molecule has 1 aliphatic rings. The van der Waals surface area contributed by atoms with Crippen molar-refractivity contribution >= 4 is 5.91 Å². The van der Waals surface area contributed by atoms with Crippen molar-refractivity contribution in [2.24, 2.45) is 5.73 Å². The van der Waals surface area contributed by atoms with Gasteiger partial charge >= 0.3 is 0 Å². The summed E-state index contributed by atoms with van der Waals surface area (Å²) in [5, 5.41) is 7.36. The number of hydrogen-bond acceptors (Lipinski definition) is 6. The van der Waals surface area contributed by atoms with Gasteiger partial charge in [-0.1, -0.05) is 35.5 Å². The summed E-state index contributed by atoms with van der Waals surface area (Å²) in [4.78, 5) is 18.4. The molecule has 7 heteroatoms. The van der Waals surface area contributed by atoms with Crippen LogP contribution in [0.25, 0.3) is 0 Å². The van der Waals surface area contributed by atoms with Crippen molar-refractivity contribution in [3.05, 3.63) is 47.6 Å². The third-order valence-corrected chi connectivity index (χ3v) is 4.26. The van der Waals surface area contributed by atoms with Crippen molar-refractivity contribution in [3.8, 4) is 0 Å². The standard InChI is InChI=1S/C17H23N5O2/c1-12-19-15(21-24-12)11-22-9-5-8-14(10-22)20-16(17(18)23)13-6-3-2-4-7-13/h2-4,6-7,14,16,20H,5,8-11H2,1H3,(H2,18,23). The van der Waals surface area contributed by atoms with Gasteiger partial charge in [0, 0.05) is 19.5 Å². The van der Waals surface area contributed by atoms with E-state index in [1.807, 2.05) is 30.3 Å². The molecule has 1 saturated heterocycles. The van der Waals surface area contributed by atoms with E-state index in [0.29, 0.717) is 18.3 Å². The quantitative estimate of drug-likeness (QED) is 0.825. The van der Waals surface area contributed by atoms with Crippen molar-refractivity contribution in [2.75, 3.05) is 13.1 Å². The van der Waals surface area contributed by atoms with Gasteiger partial charge in [-0.05, 0) is 24.9 Å². The Morgan fingerprint density at radius 1 is 1.46 bits per heavy atom. The second-order valence-electron chi connectivity index (χ2n) is 6.22. The Kier molecular flexibility index (Phi) is 5.22. The molecule has 1 aliphatic heterocycles. The lowest BCUT2D eigenvalue weighted by molar-refractivity contribution is -0.120. The molecule has 7 nitrogen and oxygen atoms in total. The first-order chi connectivity index (χ1) is 11.6. The molecule has 1 aromatic carbocycles. The maximum atomic E-state index is 11.9. The number of amides is 1. The highest BCUT2D eigenvalue weighted by Crippen LogP contribution is 2.18. The molecule has 128 valence electrons. The molecule has 0 saturated carbocycles. The SMILES string of the molecule is Cc1nc(CN2CCCC(NC(C(N)=O)c3ccccc3)C2)no1. The Morgan fingerprint density at radius 3 is 2.92 bits per heavy atom. The molecule has 0 radical (unpaired) electrons. The first-order valence-electron chi connectivity index (χ1n) is 8.23. The lowest BCUT2D eigenvalue weighted by Crippen LogP contribution is -2.49. The van der Waals surface area contributed by atoms with Gasteiger partial charge in [0.05, 0.1) is 6.54 Å². The van der Waals surface area contributed by atoms with Crippen LogP contribution in [-0.2, 0) is 11.3 Å². The molecule has 0 bridgehead atoms. The number of carbonyl (C=O) groups excluding carboxylic acids is 1. The minimum atomic E-state index is -0.469. The summed E-state index contributed by atoms with van der Waals surface area (Å²) in [7, 11) is 0. The molecule has 1 fully saturated rings. The molecule has 0 spiro atoms. The summed E-state index contributed by atoms with van der Waals surface area (Å²) >= 11 is 0. The highest BCUT2D eigenvalue weighted by atomic mass is 16.5. The zero-order valence-electron chi connectivity index (χ0n) is 13.8. The van der Waals surface area contributed by atoms with Gasteiger partial charge in [-0.25, -0.2) is 0 Å². The second-order valence-corrected chi connectivity index (χ2v) is 6.22. The number of primary amides is 1. The largest absolute Gasteiger partial charge is 0.368 e. The van der Waals surface area contributed by atoms with Crippen LogP contribution in [0, 0.1) is 6.92 Å². The molecular weight excluding hydrogens is 306 g/mol. The minimum absolute atomic E-state index is 0.199. The number of aromatic nitrogens is 2. The highest BCUT2D eigenvalue weighted by Gasteiger charge is 2.26. The topological polar surface area (TPSA) is 97.3 Å². The van der Waals surface area contributed by atoms with E-state index in [9.17, 15) is 4.79 Å². The Morgan fingerprint density at radius 2 is 2.25 bits per heavy atom. The van der Waals surface area contributed by atoms with Crippen molar-refractivity contribution < 1.29 is 9.32 Å². The summed E-state index contributed by atoms with van der Waals surface area (Å²) in [6, 6.07) is 9.33. The summed E-state index contributed by atoms with van der Waals surface area (Å²) in [5.74, 6) is 0.921. The molecule has 3 N–H and O–H groups in total. The molecule has 1 aromatic heterocycles. The highest BCUT2D eigenvalue weighted by molar-refractivity contribution is 5.81. The number of nitrogens with two attached hydrogens (primary N) is 1. The van der Waals surface area contributed by atoms with Gasteiger partial charge in [0.1, 0.15) is 6.04 Å². The number of likely N-dealkylation sites (tertiary alicyclic amines) is 1. The van der Waals surface area contributed by atoms with Crippen LogP contribution in [0.5, 0.6) is 0 Å². The van der Waals surface area contributed by atoms with Gasteiger partial charge in [0.2, 0.25) is 11.8 Å². The van der Waals surface area contributed by atoms with Crippen LogP contribution >= 0.6 is 0 Å². The second kappa shape index (κ2) is 7.55. The van der Waals surface area contributed by atoms with Crippen molar-refractivity contribution in [3.63, 3.8) is 0 Å². The van der Waals surface area contributed by atoms with Crippen molar-refractivity contribution in [1.29, 1.82) is 0 Å². The van der Waals surface area contributed by atoms with Crippen LogP contribution in [0.2, 0.25) is 0 Å². The number of rotatable bonds is 6. The molecule has 1 amide bonds. The smallest absolute Gasteiger partial charge is 0.239 e. The van der Waals surface area contributed by atoms with E-state index in [1.54, 1.807) is 6.92 Å². The fourth-order valence-corrected chi connectivity index (χ4v) is 3.16. The Balaban J connectivity index is 1.62. The minimum Gasteiger partial charge on any atom is -0.368 e. The average molecular weight is 329 g/mol. The Labute approximate surface area is 141 Å². The van der Waals surface area contributed by atoms with Crippen LogP contribution in [0.4, 0.5) is 0 Å². The first kappa shape index (κ1) is 16.6. The Bertz CT molecular complexity index is 673. The number of benzene rings is 1. The normalized spacial score (nSPS) is 20.0. The van der Waals surface area contributed by atoms with Crippen molar-refractivity contribution in [2.45, 2.75) is 38.4 Å². The fourth-order valence-electron chi connectivity index (χ4n) is 3.16. The monoisotopic (exact) mass is 329 g/mol. The van der Waals surface area contributed by atoms with Crippen molar-refractivity contribution in [1.82, 2.24) is 20.4 Å². The summed E-state index contributed by atoms with van der Waals surface area (Å²) < 4.78 is 5.02. The third-order valence-electron chi connectivity index (χ3n) is 4.26. The number of carbonyl (C=O) groups is 1. The van der Waals surface area contributed by atoms with Gasteiger partial charge in [0.15, 0.2) is 5.82 Å². The van der Waals surface area contributed by atoms with E-state index in [2.05, 4.69) is 20.4 Å². The van der Waals surface area contributed by atoms with E-state index < -0.39 is 6.04 Å². The fraction of sp³-hybridized carbons (Fsp3) is 0.471. The molecule has 24 heavy (non-hydrogen) atoms. The van der Waals surface area contributed by atoms with Crippen LogP contribution in [0.3, 0.4) is 0 Å². The third kappa shape index (κ3) is 4.18. The van der Waals surface area contributed by atoms with Gasteiger partial charge < -0.3 is 10.3 Å². The molecule has 0 aliphatic carbocycles. The maximum Gasteiger partial charge on any atom is 0.239 e. The van der Waals surface area contributed by atoms with Crippen LogP contribution in [0.1, 0.15) is 36.2 Å². The molecule has 2 unspecified atom stereocenters. The number of piperidine rings is 1. The Hall–Kier alpha value is -2.25. The number of nitrogens with one attached hydrogen (secondary N) is 1. The summed E-state index contributed by atoms with van der Waals surface area (Å²) in [5.41, 5.74) is 6.50. The predicted octanol–water partition coefficient (Wildman–Crippen LogP) is 1.16. The number of hydrogen-bond donors (Lipinski definition) is 2. The van der Waals surface area contributed by atoms with E-state index in [4.69, 9.17) is 10.3 Å². The predicted molar refractivity (Wildman–Crippen MR) is 88.8 cm³/mol. The van der Waals surface area contributed by atoms with E-state index >= 15 is 0 Å². The molecule has 3 rings (SSSR count). The van der Waals surface area contributed by atoms with Gasteiger partial charge in [0.25, 0.3) is 0 Å². The van der Waals surface area contributed by atoms with Crippen LogP contribution < -0.4 is 11.1 Å². The number of nitrogens with zero attached hydrogens (tertiary/aromatic N) is 3. The van der Waals surface area contributed by atoms with E-state index in [0.717, 1.165) is 31.5 Å². The summed E-state index contributed by atoms with van der Waals surface area (Å²) in [6.07, 6.45) is 2.06. The molecule has 2 heterocycles. The zero-order chi connectivity index (χ0) is 16.9. The molecular formula is C17H23N5O2. The zero-order valence-corrected chi connectivity index (χ0v) is 13.8. The van der Waals surface area contributed by atoms with Crippen LogP contribution in [-0.4, -0.2) is 40.1 Å². The number of aryl methyl sites for hydroxylation is 1. The molecule has 2 aromatic rings.